The number of anilines is 2. The van der Waals surface area contributed by atoms with E-state index in [0.717, 1.165) is 19.4 Å². The van der Waals surface area contributed by atoms with Crippen LogP contribution in [0.25, 0.3) is 0 Å². The fourth-order valence-corrected chi connectivity index (χ4v) is 2.04. The molecule has 2 atom stereocenters. The van der Waals surface area contributed by atoms with Gasteiger partial charge in [0, 0.05) is 13.7 Å². The lowest BCUT2D eigenvalue weighted by atomic mass is 10.1. The van der Waals surface area contributed by atoms with Gasteiger partial charge in [-0.05, 0) is 19.8 Å². The fraction of sp³-hybridized carbons (Fsp3) is 0.636. The summed E-state index contributed by atoms with van der Waals surface area (Å²) in [6, 6.07) is -0.0409. The van der Waals surface area contributed by atoms with Crippen LogP contribution >= 0.6 is 0 Å². The Morgan fingerprint density at radius 3 is 3.00 bits per heavy atom. The van der Waals surface area contributed by atoms with E-state index in [-0.39, 0.29) is 23.7 Å². The molecule has 0 aromatic carbocycles. The molecular weight excluding hydrogens is 250 g/mol. The van der Waals surface area contributed by atoms with E-state index in [1.807, 2.05) is 6.92 Å². The smallest absolute Gasteiger partial charge is 0.329 e. The fourth-order valence-electron chi connectivity index (χ4n) is 2.04. The van der Waals surface area contributed by atoms with E-state index in [1.54, 1.807) is 7.05 Å². The van der Waals surface area contributed by atoms with Crippen molar-refractivity contribution in [3.05, 3.63) is 16.3 Å². The lowest BCUT2D eigenvalue weighted by Gasteiger charge is -2.20. The lowest BCUT2D eigenvalue weighted by molar-refractivity contribution is -0.384. The number of hydrogen-bond donors (Lipinski definition) is 2. The van der Waals surface area contributed by atoms with Gasteiger partial charge in [0.25, 0.3) is 0 Å². The van der Waals surface area contributed by atoms with E-state index >= 15 is 0 Å². The summed E-state index contributed by atoms with van der Waals surface area (Å²) in [6.45, 7) is 2.67. The first-order valence-corrected chi connectivity index (χ1v) is 6.19. The summed E-state index contributed by atoms with van der Waals surface area (Å²) in [4.78, 5) is 18.4. The number of hydrogen-bond acceptors (Lipinski definition) is 7. The zero-order chi connectivity index (χ0) is 13.8. The maximum atomic E-state index is 11.0. The lowest BCUT2D eigenvalue weighted by Crippen LogP contribution is -2.30. The second kappa shape index (κ2) is 5.79. The monoisotopic (exact) mass is 267 g/mol. The molecule has 1 saturated heterocycles. The molecule has 1 aliphatic rings. The van der Waals surface area contributed by atoms with Crippen LogP contribution in [0.4, 0.5) is 17.5 Å². The van der Waals surface area contributed by atoms with Crippen LogP contribution in [0, 0.1) is 10.1 Å². The standard InChI is InChI=1S/C11H17N5O3/c1-7(9-4-3-5-19-9)14-10-8(16(17)18)6-13-11(12-2)15-10/h6-7,9H,3-5H2,1-2H3,(H2,12,13,14,15). The van der Waals surface area contributed by atoms with Crippen LogP contribution in [0.1, 0.15) is 19.8 Å². The van der Waals surface area contributed by atoms with Crippen molar-refractivity contribution in [3.63, 3.8) is 0 Å². The molecule has 2 rings (SSSR count). The molecule has 2 unspecified atom stereocenters. The van der Waals surface area contributed by atoms with Crippen LogP contribution in [0.15, 0.2) is 6.20 Å². The third-order valence-electron chi connectivity index (χ3n) is 3.08. The number of nitrogens with one attached hydrogen (secondary N) is 2. The zero-order valence-electron chi connectivity index (χ0n) is 10.9. The van der Waals surface area contributed by atoms with E-state index in [2.05, 4.69) is 20.6 Å². The summed E-state index contributed by atoms with van der Waals surface area (Å²) in [5.41, 5.74) is -0.135. The van der Waals surface area contributed by atoms with Crippen LogP contribution in [0.2, 0.25) is 0 Å². The van der Waals surface area contributed by atoms with Crippen molar-refractivity contribution in [1.82, 2.24) is 9.97 Å². The Bertz CT molecular complexity index is 462. The molecule has 104 valence electrons. The summed E-state index contributed by atoms with van der Waals surface area (Å²) in [7, 11) is 1.66. The van der Waals surface area contributed by atoms with Gasteiger partial charge in [0.05, 0.1) is 17.1 Å². The van der Waals surface area contributed by atoms with Gasteiger partial charge < -0.3 is 15.4 Å². The third-order valence-corrected chi connectivity index (χ3v) is 3.08. The van der Waals surface area contributed by atoms with Crippen molar-refractivity contribution in [2.24, 2.45) is 0 Å². The molecule has 1 fully saturated rings. The molecule has 8 heteroatoms. The first-order valence-electron chi connectivity index (χ1n) is 6.19. The Morgan fingerprint density at radius 2 is 2.42 bits per heavy atom. The zero-order valence-corrected chi connectivity index (χ0v) is 10.9. The molecule has 0 bridgehead atoms. The molecule has 8 nitrogen and oxygen atoms in total. The summed E-state index contributed by atoms with van der Waals surface area (Å²) in [5.74, 6) is 0.556. The van der Waals surface area contributed by atoms with Crippen LogP contribution in [-0.2, 0) is 4.74 Å². The minimum atomic E-state index is -0.496. The summed E-state index contributed by atoms with van der Waals surface area (Å²) in [5, 5.41) is 16.8. The highest BCUT2D eigenvalue weighted by atomic mass is 16.6. The van der Waals surface area contributed by atoms with Crippen LogP contribution < -0.4 is 10.6 Å². The van der Waals surface area contributed by atoms with Gasteiger partial charge in [-0.1, -0.05) is 0 Å². The van der Waals surface area contributed by atoms with E-state index in [9.17, 15) is 10.1 Å². The molecule has 0 radical (unpaired) electrons. The number of nitrogens with zero attached hydrogens (tertiary/aromatic N) is 3. The average molecular weight is 267 g/mol. The molecule has 1 aliphatic heterocycles. The number of aromatic nitrogens is 2. The van der Waals surface area contributed by atoms with E-state index in [1.165, 1.54) is 6.20 Å². The van der Waals surface area contributed by atoms with E-state index < -0.39 is 4.92 Å². The minimum absolute atomic E-state index is 0.0409. The molecule has 0 spiro atoms. The first kappa shape index (κ1) is 13.5. The van der Waals surface area contributed by atoms with Gasteiger partial charge in [-0.15, -0.1) is 0 Å². The highest BCUT2D eigenvalue weighted by Gasteiger charge is 2.25. The molecule has 1 aromatic rings. The maximum Gasteiger partial charge on any atom is 0.329 e. The van der Waals surface area contributed by atoms with Crippen molar-refractivity contribution in [2.75, 3.05) is 24.3 Å². The first-order chi connectivity index (χ1) is 9.11. The number of ether oxygens (including phenoxy) is 1. The summed E-state index contributed by atoms with van der Waals surface area (Å²) >= 11 is 0. The normalized spacial score (nSPS) is 20.0. The molecule has 2 N–H and O–H groups in total. The second-order valence-corrected chi connectivity index (χ2v) is 4.42. The van der Waals surface area contributed by atoms with Gasteiger partial charge in [0.2, 0.25) is 11.8 Å². The summed E-state index contributed by atoms with van der Waals surface area (Å²) in [6.07, 6.45) is 3.23. The van der Waals surface area contributed by atoms with Gasteiger partial charge in [-0.2, -0.15) is 4.98 Å². The van der Waals surface area contributed by atoms with Gasteiger partial charge >= 0.3 is 5.69 Å². The van der Waals surface area contributed by atoms with Crippen molar-refractivity contribution >= 4 is 17.5 Å². The van der Waals surface area contributed by atoms with Gasteiger partial charge in [-0.25, -0.2) is 4.98 Å². The van der Waals surface area contributed by atoms with Gasteiger partial charge in [-0.3, -0.25) is 10.1 Å². The summed E-state index contributed by atoms with van der Waals surface area (Å²) < 4.78 is 5.55. The molecule has 0 aliphatic carbocycles. The van der Waals surface area contributed by atoms with Crippen molar-refractivity contribution in [3.8, 4) is 0 Å². The molecule has 19 heavy (non-hydrogen) atoms. The largest absolute Gasteiger partial charge is 0.376 e. The Labute approximate surface area is 110 Å². The second-order valence-electron chi connectivity index (χ2n) is 4.42. The Hall–Kier alpha value is -1.96. The average Bonchev–Trinajstić information content (AvgIpc) is 2.92. The maximum absolute atomic E-state index is 11.0. The third kappa shape index (κ3) is 3.08. The van der Waals surface area contributed by atoms with Crippen LogP contribution in [-0.4, -0.2) is 40.7 Å². The predicted molar refractivity (Wildman–Crippen MR) is 70.3 cm³/mol. The van der Waals surface area contributed by atoms with Crippen LogP contribution in [0.3, 0.4) is 0 Å². The number of rotatable bonds is 5. The Balaban J connectivity index is 2.18. The highest BCUT2D eigenvalue weighted by molar-refractivity contribution is 5.57. The van der Waals surface area contributed by atoms with Crippen LogP contribution in [0.5, 0.6) is 0 Å². The Morgan fingerprint density at radius 1 is 1.63 bits per heavy atom. The van der Waals surface area contributed by atoms with E-state index in [0.29, 0.717) is 5.95 Å². The molecular formula is C11H17N5O3. The minimum Gasteiger partial charge on any atom is -0.376 e. The van der Waals surface area contributed by atoms with Crippen molar-refractivity contribution < 1.29 is 9.66 Å². The van der Waals surface area contributed by atoms with Crippen molar-refractivity contribution in [1.29, 1.82) is 0 Å². The highest BCUT2D eigenvalue weighted by Crippen LogP contribution is 2.25. The van der Waals surface area contributed by atoms with Gasteiger partial charge in [0.15, 0.2) is 0 Å². The predicted octanol–water partition coefficient (Wildman–Crippen LogP) is 1.41. The molecule has 0 amide bonds. The number of nitro groups is 1. The molecule has 1 aromatic heterocycles. The van der Waals surface area contributed by atoms with Gasteiger partial charge in [0.1, 0.15) is 6.20 Å². The van der Waals surface area contributed by atoms with Crippen molar-refractivity contribution in [2.45, 2.75) is 31.9 Å². The topological polar surface area (TPSA) is 102 Å². The van der Waals surface area contributed by atoms with E-state index in [4.69, 9.17) is 4.74 Å². The molecule has 0 saturated carbocycles. The molecule has 2 heterocycles. The Kier molecular flexibility index (Phi) is 4.10. The SMILES string of the molecule is CNc1ncc([N+](=O)[O-])c(NC(C)C2CCCO2)n1. The quantitative estimate of drug-likeness (QED) is 0.614.